The van der Waals surface area contributed by atoms with Crippen LogP contribution in [-0.4, -0.2) is 79.8 Å². The summed E-state index contributed by atoms with van der Waals surface area (Å²) in [7, 11) is 0. The molecule has 27 heavy (non-hydrogen) atoms. The summed E-state index contributed by atoms with van der Waals surface area (Å²) in [6.07, 6.45) is -4.38. The van der Waals surface area contributed by atoms with Crippen molar-refractivity contribution < 1.29 is 23.1 Å². The molecule has 2 saturated heterocycles. The van der Waals surface area contributed by atoms with Crippen molar-refractivity contribution in [2.24, 2.45) is 0 Å². The summed E-state index contributed by atoms with van der Waals surface area (Å²) >= 11 is 0. The highest BCUT2D eigenvalue weighted by Gasteiger charge is 2.32. The molecule has 0 radical (unpaired) electrons. The standard InChI is InChI=1S/C18H25F3N4O2/c19-18(20,21)15-2-1-14(12-23-5-3-22-4-6-23)16(11-15)25-9-7-24(8-10-25)13-17(26)27/h1-2,11,22H,3-10,12-13H2,(H,26,27). The van der Waals surface area contributed by atoms with E-state index >= 15 is 0 Å². The van der Waals surface area contributed by atoms with Crippen LogP contribution in [0.1, 0.15) is 11.1 Å². The van der Waals surface area contributed by atoms with Gasteiger partial charge in [0.05, 0.1) is 12.1 Å². The fraction of sp³-hybridized carbons (Fsp3) is 0.611. The van der Waals surface area contributed by atoms with Gasteiger partial charge in [0.15, 0.2) is 0 Å². The Morgan fingerprint density at radius 2 is 1.70 bits per heavy atom. The van der Waals surface area contributed by atoms with E-state index in [2.05, 4.69) is 10.2 Å². The van der Waals surface area contributed by atoms with E-state index < -0.39 is 17.7 Å². The molecule has 150 valence electrons. The van der Waals surface area contributed by atoms with E-state index in [1.165, 1.54) is 6.07 Å². The normalized spacial score (nSPS) is 20.0. The lowest BCUT2D eigenvalue weighted by Gasteiger charge is -2.37. The van der Waals surface area contributed by atoms with Gasteiger partial charge in [0.1, 0.15) is 0 Å². The summed E-state index contributed by atoms with van der Waals surface area (Å²) in [5.74, 6) is -0.887. The Labute approximate surface area is 156 Å². The molecule has 1 aromatic carbocycles. The Bertz CT molecular complexity index is 654. The first-order valence-corrected chi connectivity index (χ1v) is 9.15. The maximum atomic E-state index is 13.2. The second-order valence-corrected chi connectivity index (χ2v) is 7.02. The first kappa shape index (κ1) is 19.9. The second-order valence-electron chi connectivity index (χ2n) is 7.02. The average Bonchev–Trinajstić information content (AvgIpc) is 2.62. The Balaban J connectivity index is 1.78. The van der Waals surface area contributed by atoms with Gasteiger partial charge in [-0.05, 0) is 17.7 Å². The fourth-order valence-corrected chi connectivity index (χ4v) is 3.62. The summed E-state index contributed by atoms with van der Waals surface area (Å²) in [5.41, 5.74) is 0.851. The molecule has 3 rings (SSSR count). The fourth-order valence-electron chi connectivity index (χ4n) is 3.62. The van der Waals surface area contributed by atoms with Gasteiger partial charge in [-0.3, -0.25) is 14.6 Å². The van der Waals surface area contributed by atoms with Crippen LogP contribution in [0.2, 0.25) is 0 Å². The minimum absolute atomic E-state index is 0.0376. The Hall–Kier alpha value is -1.84. The number of halogens is 3. The molecule has 0 unspecified atom stereocenters. The molecule has 6 nitrogen and oxygen atoms in total. The van der Waals surface area contributed by atoms with E-state index in [1.807, 2.05) is 9.80 Å². The van der Waals surface area contributed by atoms with Crippen molar-refractivity contribution >= 4 is 11.7 Å². The van der Waals surface area contributed by atoms with Crippen molar-refractivity contribution in [3.8, 4) is 0 Å². The van der Waals surface area contributed by atoms with Gasteiger partial charge in [-0.2, -0.15) is 13.2 Å². The van der Waals surface area contributed by atoms with Gasteiger partial charge >= 0.3 is 12.1 Å². The van der Waals surface area contributed by atoms with Gasteiger partial charge in [0.25, 0.3) is 0 Å². The third-order valence-electron chi connectivity index (χ3n) is 5.09. The van der Waals surface area contributed by atoms with Crippen LogP contribution >= 0.6 is 0 Å². The highest BCUT2D eigenvalue weighted by Crippen LogP contribution is 2.34. The highest BCUT2D eigenvalue weighted by atomic mass is 19.4. The smallest absolute Gasteiger partial charge is 0.416 e. The van der Waals surface area contributed by atoms with Crippen molar-refractivity contribution in [3.63, 3.8) is 0 Å². The van der Waals surface area contributed by atoms with Gasteiger partial charge in [0, 0.05) is 64.6 Å². The van der Waals surface area contributed by atoms with Gasteiger partial charge in [0.2, 0.25) is 0 Å². The average molecular weight is 386 g/mol. The second kappa shape index (κ2) is 8.45. The maximum Gasteiger partial charge on any atom is 0.416 e. The van der Waals surface area contributed by atoms with Crippen molar-refractivity contribution in [2.75, 3.05) is 63.8 Å². The Morgan fingerprint density at radius 1 is 1.04 bits per heavy atom. The molecular weight excluding hydrogens is 361 g/mol. The van der Waals surface area contributed by atoms with Crippen LogP contribution in [0.5, 0.6) is 0 Å². The summed E-state index contributed by atoms with van der Waals surface area (Å²) < 4.78 is 39.7. The van der Waals surface area contributed by atoms with Crippen LogP contribution < -0.4 is 10.2 Å². The molecule has 0 aliphatic carbocycles. The van der Waals surface area contributed by atoms with E-state index in [0.29, 0.717) is 38.4 Å². The molecule has 1 aromatic rings. The molecule has 0 atom stereocenters. The zero-order valence-electron chi connectivity index (χ0n) is 15.1. The zero-order chi connectivity index (χ0) is 19.4. The molecule has 2 heterocycles. The number of hydrogen-bond acceptors (Lipinski definition) is 5. The number of nitrogens with one attached hydrogen (secondary N) is 1. The highest BCUT2D eigenvalue weighted by molar-refractivity contribution is 5.69. The van der Waals surface area contributed by atoms with Crippen molar-refractivity contribution in [3.05, 3.63) is 29.3 Å². The van der Waals surface area contributed by atoms with Gasteiger partial charge < -0.3 is 15.3 Å². The van der Waals surface area contributed by atoms with Gasteiger partial charge in [-0.25, -0.2) is 0 Å². The lowest BCUT2D eigenvalue weighted by atomic mass is 10.1. The molecule has 2 aliphatic heterocycles. The minimum Gasteiger partial charge on any atom is -0.480 e. The topological polar surface area (TPSA) is 59.1 Å². The molecule has 9 heteroatoms. The van der Waals surface area contributed by atoms with E-state index in [-0.39, 0.29) is 6.54 Å². The molecule has 2 fully saturated rings. The third-order valence-corrected chi connectivity index (χ3v) is 5.09. The van der Waals surface area contributed by atoms with E-state index in [1.54, 1.807) is 6.07 Å². The van der Waals surface area contributed by atoms with Crippen molar-refractivity contribution in [1.29, 1.82) is 0 Å². The molecule has 2 N–H and O–H groups in total. The van der Waals surface area contributed by atoms with Crippen LogP contribution in [0.4, 0.5) is 18.9 Å². The quantitative estimate of drug-likeness (QED) is 0.796. The molecule has 0 aromatic heterocycles. The number of rotatable bonds is 5. The number of carboxylic acids is 1. The Kier molecular flexibility index (Phi) is 6.23. The predicted octanol–water partition coefficient (Wildman–Crippen LogP) is 1.32. The summed E-state index contributed by atoms with van der Waals surface area (Å²) in [6, 6.07) is 3.98. The van der Waals surface area contributed by atoms with Crippen LogP contribution in [0.25, 0.3) is 0 Å². The number of anilines is 1. The van der Waals surface area contributed by atoms with E-state index in [4.69, 9.17) is 5.11 Å². The van der Waals surface area contributed by atoms with Crippen LogP contribution in [0.15, 0.2) is 18.2 Å². The first-order chi connectivity index (χ1) is 12.8. The molecule has 0 saturated carbocycles. The summed E-state index contributed by atoms with van der Waals surface area (Å²) in [5, 5.41) is 12.2. The van der Waals surface area contributed by atoms with Crippen LogP contribution in [0, 0.1) is 0 Å². The van der Waals surface area contributed by atoms with Crippen LogP contribution in [-0.2, 0) is 17.5 Å². The molecule has 0 bridgehead atoms. The number of nitrogens with zero attached hydrogens (tertiary/aromatic N) is 3. The van der Waals surface area contributed by atoms with E-state index in [0.717, 1.165) is 37.8 Å². The number of alkyl halides is 3. The molecule has 0 amide bonds. The number of aliphatic carboxylic acids is 1. The van der Waals surface area contributed by atoms with Gasteiger partial charge in [-0.1, -0.05) is 6.07 Å². The van der Waals surface area contributed by atoms with E-state index in [9.17, 15) is 18.0 Å². The summed E-state index contributed by atoms with van der Waals surface area (Å²) in [6.45, 7) is 6.15. The summed E-state index contributed by atoms with van der Waals surface area (Å²) in [4.78, 5) is 16.9. The molecule has 2 aliphatic rings. The lowest BCUT2D eigenvalue weighted by Crippen LogP contribution is -2.48. The number of benzene rings is 1. The third kappa shape index (κ3) is 5.33. The van der Waals surface area contributed by atoms with Crippen molar-refractivity contribution in [1.82, 2.24) is 15.1 Å². The van der Waals surface area contributed by atoms with Gasteiger partial charge in [-0.15, -0.1) is 0 Å². The maximum absolute atomic E-state index is 13.2. The number of piperazine rings is 2. The Morgan fingerprint density at radius 3 is 2.30 bits per heavy atom. The monoisotopic (exact) mass is 386 g/mol. The lowest BCUT2D eigenvalue weighted by molar-refractivity contribution is -0.139. The molecule has 0 spiro atoms. The van der Waals surface area contributed by atoms with Crippen LogP contribution in [0.3, 0.4) is 0 Å². The minimum atomic E-state index is -4.38. The predicted molar refractivity (Wildman–Crippen MR) is 95.9 cm³/mol. The largest absolute Gasteiger partial charge is 0.480 e. The van der Waals surface area contributed by atoms with Crippen molar-refractivity contribution in [2.45, 2.75) is 12.7 Å². The molecular formula is C18H25F3N4O2. The number of carboxylic acid groups (broad SMARTS) is 1. The number of hydrogen-bond donors (Lipinski definition) is 2. The number of carbonyl (C=O) groups is 1. The SMILES string of the molecule is O=C(O)CN1CCN(c2cc(C(F)(F)F)ccc2CN2CCNCC2)CC1. The zero-order valence-corrected chi connectivity index (χ0v) is 15.1. The first-order valence-electron chi connectivity index (χ1n) is 9.15.